The molecule has 5 heteroatoms. The average Bonchev–Trinajstić information content (AvgIpc) is 2.69. The number of benzene rings is 1. The number of hydrogen-bond acceptors (Lipinski definition) is 2. The Labute approximate surface area is 98.2 Å². The Balaban J connectivity index is 1.84. The van der Waals surface area contributed by atoms with Gasteiger partial charge in [0.25, 0.3) is 0 Å². The fraction of sp³-hybridized carbons (Fsp3) is 0.417. The lowest BCUT2D eigenvalue weighted by Crippen LogP contribution is -2.35. The van der Waals surface area contributed by atoms with Crippen LogP contribution in [-0.2, 0) is 11.3 Å². The van der Waals surface area contributed by atoms with Crippen molar-refractivity contribution in [3.8, 4) is 0 Å². The number of carbonyl (C=O) groups excluding carboxylic acids is 1. The number of carbonyl (C=O) groups is 1. The highest BCUT2D eigenvalue weighted by molar-refractivity contribution is 5.78. The van der Waals surface area contributed by atoms with Gasteiger partial charge in [0.2, 0.25) is 5.91 Å². The van der Waals surface area contributed by atoms with Crippen molar-refractivity contribution < 1.29 is 13.6 Å². The van der Waals surface area contributed by atoms with E-state index >= 15 is 0 Å². The van der Waals surface area contributed by atoms with Gasteiger partial charge < -0.3 is 10.6 Å². The summed E-state index contributed by atoms with van der Waals surface area (Å²) in [6.45, 7) is 0.657. The molecule has 0 spiro atoms. The predicted molar refractivity (Wildman–Crippen MR) is 59.2 cm³/mol. The summed E-state index contributed by atoms with van der Waals surface area (Å²) in [6, 6.07) is 3.87. The normalized spacial score (nSPS) is 19.4. The quantitative estimate of drug-likeness (QED) is 0.833. The van der Waals surface area contributed by atoms with Gasteiger partial charge in [-0.05, 0) is 18.6 Å². The van der Waals surface area contributed by atoms with E-state index in [1.165, 1.54) is 18.2 Å². The van der Waals surface area contributed by atoms with Crippen LogP contribution < -0.4 is 10.6 Å². The number of halogens is 2. The Morgan fingerprint density at radius 3 is 2.65 bits per heavy atom. The lowest BCUT2D eigenvalue weighted by atomic mass is 10.2. The fourth-order valence-electron chi connectivity index (χ4n) is 1.90. The Hall–Kier alpha value is -1.49. The summed E-state index contributed by atoms with van der Waals surface area (Å²) in [5, 5.41) is 5.73. The Bertz CT molecular complexity index is 403. The molecule has 1 aliphatic heterocycles. The van der Waals surface area contributed by atoms with Gasteiger partial charge in [-0.25, -0.2) is 8.78 Å². The molecule has 1 aromatic carbocycles. The van der Waals surface area contributed by atoms with Crippen LogP contribution in [0.25, 0.3) is 0 Å². The molecule has 92 valence electrons. The van der Waals surface area contributed by atoms with E-state index in [9.17, 15) is 13.6 Å². The van der Waals surface area contributed by atoms with Crippen LogP contribution in [0.1, 0.15) is 18.4 Å². The highest BCUT2D eigenvalue weighted by Gasteiger charge is 2.20. The molecule has 2 rings (SSSR count). The molecule has 1 atom stereocenters. The largest absolute Gasteiger partial charge is 0.352 e. The highest BCUT2D eigenvalue weighted by atomic mass is 19.1. The van der Waals surface area contributed by atoms with Crippen LogP contribution in [-0.4, -0.2) is 18.5 Å². The van der Waals surface area contributed by atoms with Crippen LogP contribution in [0.2, 0.25) is 0 Å². The van der Waals surface area contributed by atoms with Gasteiger partial charge in [0.1, 0.15) is 11.6 Å². The van der Waals surface area contributed by atoms with Crippen molar-refractivity contribution >= 4 is 5.91 Å². The Morgan fingerprint density at radius 1 is 1.35 bits per heavy atom. The SMILES string of the molecule is O=C1CCC(CNCc2c(F)cccc2F)N1. The Kier molecular flexibility index (Phi) is 3.68. The minimum atomic E-state index is -0.548. The van der Waals surface area contributed by atoms with Crippen LogP contribution >= 0.6 is 0 Å². The highest BCUT2D eigenvalue weighted by Crippen LogP contribution is 2.12. The molecule has 1 fully saturated rings. The van der Waals surface area contributed by atoms with Gasteiger partial charge in [0, 0.05) is 31.1 Å². The minimum Gasteiger partial charge on any atom is -0.352 e. The maximum absolute atomic E-state index is 13.3. The molecule has 1 unspecified atom stereocenters. The number of nitrogens with one attached hydrogen (secondary N) is 2. The first-order chi connectivity index (χ1) is 8.16. The summed E-state index contributed by atoms with van der Waals surface area (Å²) < 4.78 is 26.5. The molecule has 0 aromatic heterocycles. The standard InChI is InChI=1S/C12H14F2N2O/c13-10-2-1-3-11(14)9(10)7-15-6-8-4-5-12(17)16-8/h1-3,8,15H,4-7H2,(H,16,17). The number of amides is 1. The van der Waals surface area contributed by atoms with Gasteiger partial charge in [0.05, 0.1) is 0 Å². The predicted octanol–water partition coefficient (Wildman–Crippen LogP) is 1.33. The summed E-state index contributed by atoms with van der Waals surface area (Å²) in [5.41, 5.74) is 0.0387. The lowest BCUT2D eigenvalue weighted by molar-refractivity contribution is -0.119. The van der Waals surface area contributed by atoms with Crippen LogP contribution in [0.15, 0.2) is 18.2 Å². The topological polar surface area (TPSA) is 41.1 Å². The third-order valence-electron chi connectivity index (χ3n) is 2.84. The van der Waals surface area contributed by atoms with Crippen LogP contribution in [0, 0.1) is 11.6 Å². The van der Waals surface area contributed by atoms with Gasteiger partial charge in [-0.3, -0.25) is 4.79 Å². The van der Waals surface area contributed by atoms with E-state index in [-0.39, 0.29) is 24.1 Å². The second-order valence-electron chi connectivity index (χ2n) is 4.13. The van der Waals surface area contributed by atoms with Gasteiger partial charge in [-0.1, -0.05) is 6.07 Å². The molecular weight excluding hydrogens is 226 g/mol. The van der Waals surface area contributed by atoms with E-state index in [0.717, 1.165) is 6.42 Å². The van der Waals surface area contributed by atoms with Crippen molar-refractivity contribution in [2.75, 3.05) is 6.54 Å². The molecule has 1 aliphatic rings. The molecule has 1 heterocycles. The van der Waals surface area contributed by atoms with Crippen molar-refractivity contribution in [3.63, 3.8) is 0 Å². The number of hydrogen-bond donors (Lipinski definition) is 2. The number of rotatable bonds is 4. The molecule has 0 saturated carbocycles. The molecule has 2 N–H and O–H groups in total. The molecule has 1 aromatic rings. The molecule has 0 bridgehead atoms. The zero-order chi connectivity index (χ0) is 12.3. The fourth-order valence-corrected chi connectivity index (χ4v) is 1.90. The summed E-state index contributed by atoms with van der Waals surface area (Å²) in [4.78, 5) is 10.9. The van der Waals surface area contributed by atoms with Crippen molar-refractivity contribution in [2.24, 2.45) is 0 Å². The first-order valence-corrected chi connectivity index (χ1v) is 5.60. The lowest BCUT2D eigenvalue weighted by Gasteiger charge is -2.12. The second-order valence-corrected chi connectivity index (χ2v) is 4.13. The van der Waals surface area contributed by atoms with Crippen molar-refractivity contribution in [1.29, 1.82) is 0 Å². The maximum atomic E-state index is 13.3. The van der Waals surface area contributed by atoms with E-state index in [1.807, 2.05) is 0 Å². The van der Waals surface area contributed by atoms with Crippen LogP contribution in [0.4, 0.5) is 8.78 Å². The van der Waals surface area contributed by atoms with Crippen molar-refractivity contribution in [3.05, 3.63) is 35.4 Å². The maximum Gasteiger partial charge on any atom is 0.220 e. The molecule has 1 saturated heterocycles. The summed E-state index contributed by atoms with van der Waals surface area (Å²) >= 11 is 0. The first kappa shape index (κ1) is 12.0. The average molecular weight is 240 g/mol. The zero-order valence-electron chi connectivity index (χ0n) is 9.30. The van der Waals surface area contributed by atoms with Crippen molar-refractivity contribution in [1.82, 2.24) is 10.6 Å². The first-order valence-electron chi connectivity index (χ1n) is 5.60. The van der Waals surface area contributed by atoms with E-state index in [0.29, 0.717) is 13.0 Å². The molecule has 17 heavy (non-hydrogen) atoms. The van der Waals surface area contributed by atoms with Crippen molar-refractivity contribution in [2.45, 2.75) is 25.4 Å². The van der Waals surface area contributed by atoms with E-state index in [2.05, 4.69) is 10.6 Å². The summed E-state index contributed by atoms with van der Waals surface area (Å²) in [6.07, 6.45) is 1.30. The zero-order valence-corrected chi connectivity index (χ0v) is 9.30. The van der Waals surface area contributed by atoms with E-state index in [4.69, 9.17) is 0 Å². The molecule has 0 aliphatic carbocycles. The smallest absolute Gasteiger partial charge is 0.220 e. The second kappa shape index (κ2) is 5.23. The summed E-state index contributed by atoms with van der Waals surface area (Å²) in [7, 11) is 0. The van der Waals surface area contributed by atoms with Crippen LogP contribution in [0.5, 0.6) is 0 Å². The molecule has 0 radical (unpaired) electrons. The van der Waals surface area contributed by atoms with Gasteiger partial charge >= 0.3 is 0 Å². The van der Waals surface area contributed by atoms with Crippen LogP contribution in [0.3, 0.4) is 0 Å². The third-order valence-corrected chi connectivity index (χ3v) is 2.84. The summed E-state index contributed by atoms with van der Waals surface area (Å²) in [5.74, 6) is -1.06. The molecule has 1 amide bonds. The van der Waals surface area contributed by atoms with Gasteiger partial charge in [-0.2, -0.15) is 0 Å². The van der Waals surface area contributed by atoms with E-state index in [1.54, 1.807) is 0 Å². The minimum absolute atomic E-state index is 0.0360. The monoisotopic (exact) mass is 240 g/mol. The van der Waals surface area contributed by atoms with E-state index < -0.39 is 11.6 Å². The third kappa shape index (κ3) is 3.00. The molecule has 3 nitrogen and oxygen atoms in total. The van der Waals surface area contributed by atoms with Gasteiger partial charge in [-0.15, -0.1) is 0 Å². The Morgan fingerprint density at radius 2 is 2.06 bits per heavy atom. The molecular formula is C12H14F2N2O. The van der Waals surface area contributed by atoms with Gasteiger partial charge in [0.15, 0.2) is 0 Å².